The molecule has 0 aliphatic rings. The first-order valence-corrected chi connectivity index (χ1v) is 7.49. The highest BCUT2D eigenvalue weighted by Gasteiger charge is 2.22. The molecule has 0 unspecified atom stereocenters. The number of fused-ring (bicyclic) bond motifs is 1. The van der Waals surface area contributed by atoms with Crippen molar-refractivity contribution in [2.75, 3.05) is 12.8 Å². The van der Waals surface area contributed by atoms with E-state index >= 15 is 0 Å². The van der Waals surface area contributed by atoms with Crippen LogP contribution < -0.4 is 10.3 Å². The van der Waals surface area contributed by atoms with Crippen LogP contribution in [-0.2, 0) is 22.6 Å². The lowest BCUT2D eigenvalue weighted by atomic mass is 10.1. The third-order valence-electron chi connectivity index (χ3n) is 3.99. The second-order valence-corrected chi connectivity index (χ2v) is 5.58. The summed E-state index contributed by atoms with van der Waals surface area (Å²) in [6, 6.07) is 16.2. The largest absolute Gasteiger partial charge is 0.467 e. The van der Waals surface area contributed by atoms with Crippen LogP contribution in [0.4, 0.5) is 5.95 Å². The number of nitrogens with two attached hydrogens (primary N) is 1. The number of nitrogens with zero attached hydrogens (tertiary/aromatic N) is 2. The molecule has 1 aromatic heterocycles. The molecule has 118 valence electrons. The minimum Gasteiger partial charge on any atom is -0.467 e. The van der Waals surface area contributed by atoms with E-state index in [4.69, 9.17) is 10.5 Å². The number of carbonyl (C=O) groups is 1. The summed E-state index contributed by atoms with van der Waals surface area (Å²) in [5, 5.41) is 0. The summed E-state index contributed by atoms with van der Waals surface area (Å²) in [7, 11) is 1.38. The SMILES string of the molecule is COC(=O)Cn1c(N)[n+](Cc2ccc(C)cc2)c2ccccc21. The Labute approximate surface area is 134 Å². The highest BCUT2D eigenvalue weighted by molar-refractivity contribution is 5.77. The summed E-state index contributed by atoms with van der Waals surface area (Å²) < 4.78 is 8.58. The van der Waals surface area contributed by atoms with E-state index in [1.807, 2.05) is 28.8 Å². The Balaban J connectivity index is 2.07. The molecule has 0 amide bonds. The summed E-state index contributed by atoms with van der Waals surface area (Å²) >= 11 is 0. The maximum absolute atomic E-state index is 11.7. The molecule has 5 heteroatoms. The van der Waals surface area contributed by atoms with Crippen LogP contribution in [0.5, 0.6) is 0 Å². The first-order valence-electron chi connectivity index (χ1n) is 7.49. The summed E-state index contributed by atoms with van der Waals surface area (Å²) in [6.45, 7) is 2.82. The number of hydrogen-bond acceptors (Lipinski definition) is 3. The van der Waals surface area contributed by atoms with Crippen LogP contribution in [0.1, 0.15) is 11.1 Å². The molecular weight excluding hydrogens is 290 g/mol. The average molecular weight is 310 g/mol. The van der Waals surface area contributed by atoms with Gasteiger partial charge in [-0.05, 0) is 24.6 Å². The molecule has 2 aromatic carbocycles. The van der Waals surface area contributed by atoms with E-state index in [9.17, 15) is 4.79 Å². The molecule has 3 rings (SSSR count). The molecule has 23 heavy (non-hydrogen) atoms. The summed E-state index contributed by atoms with van der Waals surface area (Å²) in [5.74, 6) is 0.220. The van der Waals surface area contributed by atoms with Gasteiger partial charge < -0.3 is 4.74 Å². The number of esters is 1. The number of anilines is 1. The van der Waals surface area contributed by atoms with Gasteiger partial charge in [0.2, 0.25) is 0 Å². The molecule has 5 nitrogen and oxygen atoms in total. The van der Waals surface area contributed by atoms with Gasteiger partial charge in [0.1, 0.15) is 11.0 Å². The van der Waals surface area contributed by atoms with Crippen LogP contribution in [0.15, 0.2) is 48.5 Å². The van der Waals surface area contributed by atoms with E-state index in [1.54, 1.807) is 4.57 Å². The third-order valence-corrected chi connectivity index (χ3v) is 3.99. The number of aromatic nitrogens is 2. The van der Waals surface area contributed by atoms with Gasteiger partial charge in [-0.15, -0.1) is 0 Å². The van der Waals surface area contributed by atoms with E-state index in [-0.39, 0.29) is 12.5 Å². The van der Waals surface area contributed by atoms with Crippen LogP contribution in [-0.4, -0.2) is 17.6 Å². The average Bonchev–Trinajstić information content (AvgIpc) is 2.82. The van der Waals surface area contributed by atoms with E-state index in [1.165, 1.54) is 12.7 Å². The van der Waals surface area contributed by atoms with Crippen molar-refractivity contribution in [3.8, 4) is 0 Å². The summed E-state index contributed by atoms with van der Waals surface area (Å²) in [5.41, 5.74) is 10.6. The second-order valence-electron chi connectivity index (χ2n) is 5.58. The van der Waals surface area contributed by atoms with Gasteiger partial charge >= 0.3 is 11.9 Å². The van der Waals surface area contributed by atoms with Gasteiger partial charge in [-0.1, -0.05) is 42.0 Å². The Bertz CT molecular complexity index is 851. The van der Waals surface area contributed by atoms with Crippen molar-refractivity contribution in [2.45, 2.75) is 20.0 Å². The van der Waals surface area contributed by atoms with Crippen LogP contribution in [0.25, 0.3) is 11.0 Å². The molecule has 0 atom stereocenters. The first kappa shape index (κ1) is 15.1. The molecule has 0 spiro atoms. The topological polar surface area (TPSA) is 61.1 Å². The van der Waals surface area contributed by atoms with Crippen molar-refractivity contribution in [3.05, 3.63) is 59.7 Å². The van der Waals surface area contributed by atoms with Crippen molar-refractivity contribution in [1.29, 1.82) is 0 Å². The van der Waals surface area contributed by atoms with Crippen LogP contribution in [0.3, 0.4) is 0 Å². The lowest BCUT2D eigenvalue weighted by Crippen LogP contribution is -2.37. The van der Waals surface area contributed by atoms with Crippen molar-refractivity contribution in [2.24, 2.45) is 0 Å². The molecule has 1 heterocycles. The zero-order valence-corrected chi connectivity index (χ0v) is 13.3. The maximum atomic E-state index is 11.7. The Hall–Kier alpha value is -2.82. The minimum atomic E-state index is -0.320. The fourth-order valence-electron chi connectivity index (χ4n) is 2.72. The Morgan fingerprint density at radius 1 is 1.17 bits per heavy atom. The predicted octanol–water partition coefficient (Wildman–Crippen LogP) is 2.04. The highest BCUT2D eigenvalue weighted by atomic mass is 16.5. The molecule has 2 N–H and O–H groups in total. The zero-order chi connectivity index (χ0) is 16.4. The van der Waals surface area contributed by atoms with Gasteiger partial charge in [0.15, 0.2) is 6.54 Å². The van der Waals surface area contributed by atoms with Gasteiger partial charge in [-0.3, -0.25) is 5.73 Å². The number of methoxy groups -OCH3 is 1. The smallest absolute Gasteiger partial charge is 0.356 e. The Morgan fingerprint density at radius 3 is 2.57 bits per heavy atom. The Morgan fingerprint density at radius 2 is 1.87 bits per heavy atom. The van der Waals surface area contributed by atoms with Gasteiger partial charge in [0, 0.05) is 0 Å². The predicted molar refractivity (Wildman–Crippen MR) is 88.8 cm³/mol. The molecule has 0 saturated heterocycles. The quantitative estimate of drug-likeness (QED) is 0.592. The van der Waals surface area contributed by atoms with E-state index in [0.29, 0.717) is 12.5 Å². The van der Waals surface area contributed by atoms with E-state index in [0.717, 1.165) is 16.6 Å². The van der Waals surface area contributed by atoms with Crippen molar-refractivity contribution in [3.63, 3.8) is 0 Å². The Kier molecular flexibility index (Phi) is 4.02. The van der Waals surface area contributed by atoms with Crippen LogP contribution in [0, 0.1) is 6.92 Å². The lowest BCUT2D eigenvalue weighted by molar-refractivity contribution is -0.648. The van der Waals surface area contributed by atoms with E-state index < -0.39 is 0 Å². The number of carbonyl (C=O) groups excluding carboxylic acids is 1. The van der Waals surface area contributed by atoms with Gasteiger partial charge in [-0.25, -0.2) is 13.9 Å². The number of nitrogen functional groups attached to an aromatic ring is 1. The zero-order valence-electron chi connectivity index (χ0n) is 13.3. The number of ether oxygens (including phenoxy) is 1. The lowest BCUT2D eigenvalue weighted by Gasteiger charge is -2.03. The van der Waals surface area contributed by atoms with Gasteiger partial charge in [0.25, 0.3) is 0 Å². The third kappa shape index (κ3) is 2.90. The fourth-order valence-corrected chi connectivity index (χ4v) is 2.72. The monoisotopic (exact) mass is 310 g/mol. The van der Waals surface area contributed by atoms with Crippen molar-refractivity contribution < 1.29 is 14.1 Å². The molecule has 0 aliphatic heterocycles. The minimum absolute atomic E-state index is 0.101. The molecule has 0 aliphatic carbocycles. The molecule has 3 aromatic rings. The highest BCUT2D eigenvalue weighted by Crippen LogP contribution is 2.17. The summed E-state index contributed by atoms with van der Waals surface area (Å²) in [6.07, 6.45) is 0. The number of para-hydroxylation sites is 2. The van der Waals surface area contributed by atoms with E-state index in [2.05, 4.69) is 31.2 Å². The number of rotatable bonds is 4. The van der Waals surface area contributed by atoms with Crippen molar-refractivity contribution >= 4 is 23.0 Å². The molecule has 0 bridgehead atoms. The second kappa shape index (κ2) is 6.12. The van der Waals surface area contributed by atoms with Gasteiger partial charge in [-0.2, -0.15) is 0 Å². The maximum Gasteiger partial charge on any atom is 0.356 e. The van der Waals surface area contributed by atoms with Crippen LogP contribution in [0.2, 0.25) is 0 Å². The fraction of sp³-hybridized carbons (Fsp3) is 0.222. The molecule has 0 radical (unpaired) electrons. The number of hydrogen-bond donors (Lipinski definition) is 1. The van der Waals surface area contributed by atoms with Gasteiger partial charge in [0.05, 0.1) is 13.7 Å². The molecular formula is C18H20N3O2+. The molecule has 0 fully saturated rings. The standard InChI is InChI=1S/C18H19N3O2/c1-13-7-9-14(10-8-13)11-20-15-5-3-4-6-16(15)21(18(20)19)12-17(22)23-2/h3-10,19H,11-12H2,1-2H3/p+1. The number of imidazole rings is 1. The molecule has 0 saturated carbocycles. The number of aryl methyl sites for hydroxylation is 1. The first-order chi connectivity index (χ1) is 11.1. The van der Waals surface area contributed by atoms with Crippen LogP contribution >= 0.6 is 0 Å². The normalized spacial score (nSPS) is 10.9. The number of benzene rings is 2. The summed E-state index contributed by atoms with van der Waals surface area (Å²) in [4.78, 5) is 11.7. The van der Waals surface area contributed by atoms with Crippen molar-refractivity contribution in [1.82, 2.24) is 4.57 Å².